The van der Waals surface area contributed by atoms with E-state index in [0.717, 1.165) is 12.8 Å². The fraction of sp³-hybridized carbons (Fsp3) is 0.500. The third-order valence-corrected chi connectivity index (χ3v) is 3.96. The van der Waals surface area contributed by atoms with Crippen LogP contribution in [-0.4, -0.2) is 47.6 Å². The Kier molecular flexibility index (Phi) is 6.21. The largest absolute Gasteiger partial charge is 0.391 e. The molecule has 1 fully saturated rings. The number of nitrogens with zero attached hydrogens (tertiary/aromatic N) is 1. The minimum absolute atomic E-state index is 0.0412. The summed E-state index contributed by atoms with van der Waals surface area (Å²) in [5.74, 6) is -0.128. The second-order valence-corrected chi connectivity index (χ2v) is 5.94. The Bertz CT molecular complexity index is 519. The van der Waals surface area contributed by atoms with Gasteiger partial charge in [0.25, 0.3) is 5.91 Å². The lowest BCUT2D eigenvalue weighted by molar-refractivity contribution is -0.134. The van der Waals surface area contributed by atoms with Gasteiger partial charge in [0.05, 0.1) is 6.10 Å². The smallest absolute Gasteiger partial charge is 0.251 e. The zero-order valence-corrected chi connectivity index (χ0v) is 13.2. The Hall–Kier alpha value is -1.59. The molecule has 1 saturated heterocycles. The summed E-state index contributed by atoms with van der Waals surface area (Å²) < 4.78 is 0. The number of rotatable bonds is 5. The van der Waals surface area contributed by atoms with Gasteiger partial charge in [0.15, 0.2) is 0 Å². The van der Waals surface area contributed by atoms with Crippen molar-refractivity contribution in [3.05, 3.63) is 34.9 Å². The molecule has 1 atom stereocenters. The quantitative estimate of drug-likeness (QED) is 0.812. The number of aliphatic hydroxyl groups excluding tert-OH is 1. The van der Waals surface area contributed by atoms with Gasteiger partial charge in [0.1, 0.15) is 0 Å². The number of halogens is 1. The molecule has 2 N–H and O–H groups in total. The standard InChI is InChI=1S/C16H21ClN2O3/c17-13-7-5-12(6-8-13)16(22)18-9-1-4-15(21)19-10-2-3-14(20)11-19/h5-8,14,20H,1-4,9-11H2,(H,18,22). The van der Waals surface area contributed by atoms with Gasteiger partial charge in [-0.3, -0.25) is 9.59 Å². The summed E-state index contributed by atoms with van der Waals surface area (Å²) in [4.78, 5) is 25.5. The van der Waals surface area contributed by atoms with Gasteiger partial charge < -0.3 is 15.3 Å². The summed E-state index contributed by atoms with van der Waals surface area (Å²) in [6.07, 6.45) is 2.18. The monoisotopic (exact) mass is 324 g/mol. The van der Waals surface area contributed by atoms with E-state index in [-0.39, 0.29) is 11.8 Å². The molecule has 1 aliphatic heterocycles. The van der Waals surface area contributed by atoms with Crippen molar-refractivity contribution in [1.29, 1.82) is 0 Å². The molecule has 1 heterocycles. The number of hydrogen-bond acceptors (Lipinski definition) is 3. The Morgan fingerprint density at radius 3 is 2.73 bits per heavy atom. The van der Waals surface area contributed by atoms with Crippen LogP contribution in [0, 0.1) is 0 Å². The predicted octanol–water partition coefficient (Wildman–Crippen LogP) is 1.83. The Labute approximate surface area is 135 Å². The lowest BCUT2D eigenvalue weighted by Gasteiger charge is -2.30. The molecule has 1 aromatic rings. The van der Waals surface area contributed by atoms with E-state index < -0.39 is 6.10 Å². The first-order valence-corrected chi connectivity index (χ1v) is 7.93. The SMILES string of the molecule is O=C(NCCCC(=O)N1CCCC(O)C1)c1ccc(Cl)cc1. The van der Waals surface area contributed by atoms with Crippen LogP contribution in [0.3, 0.4) is 0 Å². The molecule has 0 aliphatic carbocycles. The van der Waals surface area contributed by atoms with Gasteiger partial charge >= 0.3 is 0 Å². The Morgan fingerprint density at radius 1 is 1.32 bits per heavy atom. The highest BCUT2D eigenvalue weighted by Crippen LogP contribution is 2.12. The first kappa shape index (κ1) is 16.8. The summed E-state index contributed by atoms with van der Waals surface area (Å²) in [7, 11) is 0. The van der Waals surface area contributed by atoms with Crippen molar-refractivity contribution in [1.82, 2.24) is 10.2 Å². The maximum Gasteiger partial charge on any atom is 0.251 e. The minimum Gasteiger partial charge on any atom is -0.391 e. The van der Waals surface area contributed by atoms with Crippen molar-refractivity contribution in [3.63, 3.8) is 0 Å². The second kappa shape index (κ2) is 8.15. The molecular formula is C16H21ClN2O3. The summed E-state index contributed by atoms with van der Waals surface area (Å²) in [5, 5.41) is 12.9. The van der Waals surface area contributed by atoms with Crippen molar-refractivity contribution in [2.45, 2.75) is 31.8 Å². The number of likely N-dealkylation sites (tertiary alicyclic amines) is 1. The number of aliphatic hydroxyl groups is 1. The topological polar surface area (TPSA) is 69.6 Å². The van der Waals surface area contributed by atoms with E-state index in [0.29, 0.717) is 43.1 Å². The van der Waals surface area contributed by atoms with E-state index in [1.165, 1.54) is 0 Å². The van der Waals surface area contributed by atoms with E-state index in [4.69, 9.17) is 11.6 Å². The normalized spacial score (nSPS) is 18.1. The molecule has 0 bridgehead atoms. The number of nitrogens with one attached hydrogen (secondary N) is 1. The number of carbonyl (C=O) groups is 2. The van der Waals surface area contributed by atoms with Crippen LogP contribution in [0.15, 0.2) is 24.3 Å². The Balaban J connectivity index is 1.67. The maximum atomic E-state index is 12.0. The molecular weight excluding hydrogens is 304 g/mol. The number of carbonyl (C=O) groups excluding carboxylic acids is 2. The zero-order valence-electron chi connectivity index (χ0n) is 12.4. The van der Waals surface area contributed by atoms with Crippen LogP contribution in [0.4, 0.5) is 0 Å². The number of β-amino-alcohol motifs (C(OH)–C–C–N with tert-alkyl or cyclic N) is 1. The van der Waals surface area contributed by atoms with Crippen LogP contribution in [0.25, 0.3) is 0 Å². The minimum atomic E-state index is -0.401. The lowest BCUT2D eigenvalue weighted by Crippen LogP contribution is -2.42. The van der Waals surface area contributed by atoms with Crippen molar-refractivity contribution in [2.24, 2.45) is 0 Å². The van der Waals surface area contributed by atoms with E-state index in [1.54, 1.807) is 29.2 Å². The highest BCUT2D eigenvalue weighted by molar-refractivity contribution is 6.30. The van der Waals surface area contributed by atoms with Gasteiger partial charge in [-0.2, -0.15) is 0 Å². The average Bonchev–Trinajstić information content (AvgIpc) is 2.51. The van der Waals surface area contributed by atoms with Gasteiger partial charge in [-0.15, -0.1) is 0 Å². The number of piperidine rings is 1. The lowest BCUT2D eigenvalue weighted by atomic mass is 10.1. The fourth-order valence-electron chi connectivity index (χ4n) is 2.48. The van der Waals surface area contributed by atoms with Crippen LogP contribution < -0.4 is 5.32 Å². The van der Waals surface area contributed by atoms with Crippen LogP contribution in [-0.2, 0) is 4.79 Å². The molecule has 2 amide bonds. The molecule has 2 rings (SSSR count). The number of amides is 2. The summed E-state index contributed by atoms with van der Waals surface area (Å²) in [6.45, 7) is 1.59. The van der Waals surface area contributed by atoms with Gasteiger partial charge in [0.2, 0.25) is 5.91 Å². The zero-order chi connectivity index (χ0) is 15.9. The maximum absolute atomic E-state index is 12.0. The molecule has 1 unspecified atom stereocenters. The number of hydrogen-bond donors (Lipinski definition) is 2. The predicted molar refractivity (Wildman–Crippen MR) is 84.8 cm³/mol. The number of benzene rings is 1. The highest BCUT2D eigenvalue weighted by Gasteiger charge is 2.21. The molecule has 0 spiro atoms. The third-order valence-electron chi connectivity index (χ3n) is 3.71. The van der Waals surface area contributed by atoms with Gasteiger partial charge in [0, 0.05) is 36.6 Å². The van der Waals surface area contributed by atoms with Gasteiger partial charge in [-0.05, 0) is 43.5 Å². The highest BCUT2D eigenvalue weighted by atomic mass is 35.5. The third kappa shape index (κ3) is 5.00. The molecule has 6 heteroatoms. The molecule has 22 heavy (non-hydrogen) atoms. The summed E-state index contributed by atoms with van der Waals surface area (Å²) in [5.41, 5.74) is 0.551. The van der Waals surface area contributed by atoms with Gasteiger partial charge in [-0.1, -0.05) is 11.6 Å². The first-order valence-electron chi connectivity index (χ1n) is 7.56. The van der Waals surface area contributed by atoms with Gasteiger partial charge in [-0.25, -0.2) is 0 Å². The molecule has 1 aliphatic rings. The first-order chi connectivity index (χ1) is 10.6. The summed E-state index contributed by atoms with van der Waals surface area (Å²) >= 11 is 5.77. The molecule has 5 nitrogen and oxygen atoms in total. The van der Waals surface area contributed by atoms with E-state index in [2.05, 4.69) is 5.32 Å². The van der Waals surface area contributed by atoms with Crippen LogP contribution >= 0.6 is 11.6 Å². The second-order valence-electron chi connectivity index (χ2n) is 5.50. The molecule has 120 valence electrons. The Morgan fingerprint density at radius 2 is 2.05 bits per heavy atom. The van der Waals surface area contributed by atoms with E-state index in [1.807, 2.05) is 0 Å². The van der Waals surface area contributed by atoms with Crippen molar-refractivity contribution >= 4 is 23.4 Å². The van der Waals surface area contributed by atoms with Crippen molar-refractivity contribution < 1.29 is 14.7 Å². The molecule has 0 aromatic heterocycles. The molecule has 1 aromatic carbocycles. The van der Waals surface area contributed by atoms with Crippen LogP contribution in [0.5, 0.6) is 0 Å². The average molecular weight is 325 g/mol. The summed E-state index contributed by atoms with van der Waals surface area (Å²) in [6, 6.07) is 6.67. The van der Waals surface area contributed by atoms with E-state index in [9.17, 15) is 14.7 Å². The van der Waals surface area contributed by atoms with Crippen molar-refractivity contribution in [3.8, 4) is 0 Å². The fourth-order valence-corrected chi connectivity index (χ4v) is 2.61. The van der Waals surface area contributed by atoms with E-state index >= 15 is 0 Å². The van der Waals surface area contributed by atoms with Crippen molar-refractivity contribution in [2.75, 3.05) is 19.6 Å². The van der Waals surface area contributed by atoms with Crippen LogP contribution in [0.2, 0.25) is 5.02 Å². The molecule has 0 radical (unpaired) electrons. The van der Waals surface area contributed by atoms with Crippen LogP contribution in [0.1, 0.15) is 36.0 Å². The molecule has 0 saturated carbocycles.